The van der Waals surface area contributed by atoms with Crippen LogP contribution in [0.1, 0.15) is 0 Å². The number of non-ortho nitro benzene ring substituents is 1. The van der Waals surface area contributed by atoms with Gasteiger partial charge < -0.3 is 4.72 Å². The van der Waals surface area contributed by atoms with E-state index in [1.165, 1.54) is 0 Å². The van der Waals surface area contributed by atoms with E-state index in [1.54, 1.807) is 0 Å². The summed E-state index contributed by atoms with van der Waals surface area (Å²) >= 11 is 0. The summed E-state index contributed by atoms with van der Waals surface area (Å²) in [4.78, 5) is 19.3. The molecule has 0 aromatic heterocycles. The molecular weight excluding hydrogens is 254 g/mol. The molecule has 0 aliphatic rings. The number of nitro benzene ring substituents is 2. The molecule has 0 saturated carbocycles. The summed E-state index contributed by atoms with van der Waals surface area (Å²) in [6.45, 7) is 0. The zero-order valence-corrected chi connectivity index (χ0v) is 9.25. The van der Waals surface area contributed by atoms with Crippen molar-refractivity contribution in [3.63, 3.8) is 0 Å². The highest BCUT2D eigenvalue weighted by Crippen LogP contribution is 2.35. The number of rotatable bonds is 4. The molecule has 0 atom stereocenters. The Balaban J connectivity index is 3.32. The van der Waals surface area contributed by atoms with Gasteiger partial charge >= 0.3 is 0 Å². The van der Waals surface area contributed by atoms with Crippen LogP contribution in [0.5, 0.6) is 0 Å². The van der Waals surface area contributed by atoms with Crippen LogP contribution in [0.15, 0.2) is 18.2 Å². The molecule has 0 spiro atoms. The summed E-state index contributed by atoms with van der Waals surface area (Å²) in [6.07, 6.45) is 0.762. The molecule has 0 radical (unpaired) electrons. The summed E-state index contributed by atoms with van der Waals surface area (Å²) in [5.41, 5.74) is -1.68. The predicted molar refractivity (Wildman–Crippen MR) is 57.6 cm³/mol. The van der Waals surface area contributed by atoms with Gasteiger partial charge in [0.1, 0.15) is 0 Å². The Bertz CT molecular complexity index is 581. The third-order valence-corrected chi connectivity index (χ3v) is 2.16. The summed E-state index contributed by atoms with van der Waals surface area (Å²) in [7, 11) is -3.82. The summed E-state index contributed by atoms with van der Waals surface area (Å²) in [5, 5.41) is 21.0. The summed E-state index contributed by atoms with van der Waals surface area (Å²) in [5.74, 6) is 0. The van der Waals surface area contributed by atoms with Crippen molar-refractivity contribution in [3.05, 3.63) is 43.1 Å². The fourth-order valence-corrected chi connectivity index (χ4v) is 1.54. The summed E-state index contributed by atoms with van der Waals surface area (Å²) in [6, 6.07) is 2.51. The summed E-state index contributed by atoms with van der Waals surface area (Å²) < 4.78 is 24.9. The van der Waals surface area contributed by atoms with Crippen molar-refractivity contribution < 1.29 is 18.3 Å². The highest BCUT2D eigenvalue weighted by Gasteiger charge is 2.15. The molecule has 1 aromatic rings. The molecule has 9 nitrogen and oxygen atoms in total. The lowest BCUT2D eigenvalue weighted by molar-refractivity contribution is -0.393. The Morgan fingerprint density at radius 1 is 1.18 bits per heavy atom. The van der Waals surface area contributed by atoms with Gasteiger partial charge in [-0.3, -0.25) is 20.2 Å². The van der Waals surface area contributed by atoms with Crippen molar-refractivity contribution >= 4 is 27.1 Å². The second kappa shape index (κ2) is 4.33. The Morgan fingerprint density at radius 3 is 2.18 bits per heavy atom. The lowest BCUT2D eigenvalue weighted by Crippen LogP contribution is -1.96. The lowest BCUT2D eigenvalue weighted by Gasteiger charge is -2.17. The van der Waals surface area contributed by atoms with Crippen molar-refractivity contribution in [2.45, 2.75) is 0 Å². The van der Waals surface area contributed by atoms with Crippen molar-refractivity contribution in [3.8, 4) is 0 Å². The van der Waals surface area contributed by atoms with Gasteiger partial charge in [-0.15, -0.1) is 0 Å². The molecule has 10 heteroatoms. The van der Waals surface area contributed by atoms with E-state index < -0.39 is 36.9 Å². The molecular formula is C7H6N3O6S-. The van der Waals surface area contributed by atoms with E-state index in [9.17, 15) is 28.6 Å². The number of nitrogens with zero attached hydrogens (tertiary/aromatic N) is 3. The molecule has 0 unspecified atom stereocenters. The van der Waals surface area contributed by atoms with E-state index in [2.05, 4.69) is 4.72 Å². The molecule has 0 amide bonds. The maximum atomic E-state index is 10.9. The minimum atomic E-state index is -3.82. The smallest absolute Gasteiger partial charge is 0.276 e. The maximum absolute atomic E-state index is 10.9. The fourth-order valence-electron chi connectivity index (χ4n) is 1.03. The van der Waals surface area contributed by atoms with Crippen LogP contribution in [0.25, 0.3) is 4.72 Å². The first kappa shape index (κ1) is 12.8. The minimum Gasteiger partial charge on any atom is -0.572 e. The first-order valence-electron chi connectivity index (χ1n) is 4.06. The van der Waals surface area contributed by atoms with E-state index >= 15 is 0 Å². The minimum absolute atomic E-state index is 0.442. The van der Waals surface area contributed by atoms with Crippen LogP contribution in [-0.4, -0.2) is 24.5 Å². The van der Waals surface area contributed by atoms with Gasteiger partial charge in [0.05, 0.1) is 25.9 Å². The Morgan fingerprint density at radius 2 is 1.76 bits per heavy atom. The van der Waals surface area contributed by atoms with Gasteiger partial charge in [-0.25, -0.2) is 8.42 Å². The van der Waals surface area contributed by atoms with Gasteiger partial charge in [0, 0.05) is 12.3 Å². The third kappa shape index (κ3) is 3.38. The predicted octanol–water partition coefficient (Wildman–Crippen LogP) is 1.47. The van der Waals surface area contributed by atoms with Crippen LogP contribution in [0.3, 0.4) is 0 Å². The van der Waals surface area contributed by atoms with E-state index in [-0.39, 0.29) is 0 Å². The van der Waals surface area contributed by atoms with Crippen LogP contribution in [0, 0.1) is 20.2 Å². The first-order chi connectivity index (χ1) is 7.70. The molecule has 1 rings (SSSR count). The zero-order valence-electron chi connectivity index (χ0n) is 8.43. The molecule has 0 heterocycles. The van der Waals surface area contributed by atoms with Crippen LogP contribution in [-0.2, 0) is 10.0 Å². The SMILES string of the molecule is CS(=O)(=O)[N-]c1ccc([N+](=O)[O-])cc1[N+](=O)[O-]. The van der Waals surface area contributed by atoms with Crippen molar-refractivity contribution in [1.29, 1.82) is 0 Å². The normalized spacial score (nSPS) is 10.9. The number of hydrogen-bond donors (Lipinski definition) is 0. The molecule has 92 valence electrons. The van der Waals surface area contributed by atoms with Gasteiger partial charge in [-0.1, -0.05) is 6.07 Å². The van der Waals surface area contributed by atoms with E-state index in [1.807, 2.05) is 0 Å². The molecule has 0 N–H and O–H groups in total. The molecule has 17 heavy (non-hydrogen) atoms. The van der Waals surface area contributed by atoms with Gasteiger partial charge in [0.15, 0.2) is 0 Å². The number of sulfonamides is 1. The Kier molecular flexibility index (Phi) is 3.27. The van der Waals surface area contributed by atoms with Crippen LogP contribution >= 0.6 is 0 Å². The molecule has 1 aromatic carbocycles. The van der Waals surface area contributed by atoms with E-state index in [4.69, 9.17) is 0 Å². The van der Waals surface area contributed by atoms with E-state index in [0.29, 0.717) is 6.07 Å². The largest absolute Gasteiger partial charge is 0.572 e. The topological polar surface area (TPSA) is 135 Å². The lowest BCUT2D eigenvalue weighted by atomic mass is 10.2. The van der Waals surface area contributed by atoms with Crippen LogP contribution in [0.4, 0.5) is 17.1 Å². The maximum Gasteiger partial charge on any atom is 0.276 e. The van der Waals surface area contributed by atoms with E-state index in [0.717, 1.165) is 18.4 Å². The van der Waals surface area contributed by atoms with Crippen LogP contribution < -0.4 is 0 Å². The highest BCUT2D eigenvalue weighted by atomic mass is 32.2. The quantitative estimate of drug-likeness (QED) is 0.594. The van der Waals surface area contributed by atoms with Crippen molar-refractivity contribution in [2.75, 3.05) is 6.26 Å². The number of hydrogen-bond acceptors (Lipinski definition) is 6. The molecule has 0 aliphatic heterocycles. The monoisotopic (exact) mass is 260 g/mol. The average Bonchev–Trinajstić information content (AvgIpc) is 2.14. The number of nitro groups is 2. The Labute approximate surface area is 95.4 Å². The number of benzene rings is 1. The van der Waals surface area contributed by atoms with Gasteiger partial charge in [0.25, 0.3) is 11.4 Å². The van der Waals surface area contributed by atoms with Crippen molar-refractivity contribution in [1.82, 2.24) is 0 Å². The second-order valence-corrected chi connectivity index (χ2v) is 4.66. The highest BCUT2D eigenvalue weighted by molar-refractivity contribution is 7.93. The van der Waals surface area contributed by atoms with Gasteiger partial charge in [-0.05, 0) is 5.69 Å². The molecule has 0 aliphatic carbocycles. The molecule has 0 fully saturated rings. The first-order valence-corrected chi connectivity index (χ1v) is 5.91. The van der Waals surface area contributed by atoms with Crippen LogP contribution in [0.2, 0.25) is 0 Å². The van der Waals surface area contributed by atoms with Crippen molar-refractivity contribution in [2.24, 2.45) is 0 Å². The fraction of sp³-hybridized carbons (Fsp3) is 0.143. The molecule has 0 saturated heterocycles. The second-order valence-electron chi connectivity index (χ2n) is 3.01. The average molecular weight is 260 g/mol. The van der Waals surface area contributed by atoms with Gasteiger partial charge in [-0.2, -0.15) is 0 Å². The zero-order chi connectivity index (χ0) is 13.2. The molecule has 0 bridgehead atoms. The van der Waals surface area contributed by atoms with Gasteiger partial charge in [0.2, 0.25) is 0 Å². The third-order valence-electron chi connectivity index (χ3n) is 1.63. The Hall–Kier alpha value is -2.23. The standard InChI is InChI=1S/C7H6N3O6S/c1-17(15,16)8-6-3-2-5(9(11)12)4-7(6)10(13)14/h2-4H,1H3/q-1.